The van der Waals surface area contributed by atoms with Crippen molar-refractivity contribution < 1.29 is 27.5 Å². The Balaban J connectivity index is 1.27. The Hall–Kier alpha value is -5.76. The summed E-state index contributed by atoms with van der Waals surface area (Å²) in [5, 5.41) is 13.1. The maximum Gasteiger partial charge on any atom is 0.331 e. The van der Waals surface area contributed by atoms with E-state index in [0.29, 0.717) is 26.7 Å². The van der Waals surface area contributed by atoms with Gasteiger partial charge in [-0.3, -0.25) is 24.9 Å². The highest BCUT2D eigenvalue weighted by atomic mass is 32.2. The van der Waals surface area contributed by atoms with Crippen LogP contribution < -0.4 is 11.1 Å². The molecule has 13 heteroatoms. The first-order valence-electron chi connectivity index (χ1n) is 15.3. The van der Waals surface area contributed by atoms with E-state index in [2.05, 4.69) is 10.3 Å². The third-order valence-corrected chi connectivity index (χ3v) is 11.0. The SMILES string of the molecule is COC(=O)C(N)(CS(=O)(=O)c1cccc2cccnc12)c1ccc2c(C(=O)N(C=N)Cc3ccc(NC(=O)c4ccccc4)s3)cccc2c1. The van der Waals surface area contributed by atoms with E-state index in [9.17, 15) is 22.8 Å². The van der Waals surface area contributed by atoms with Crippen molar-refractivity contribution in [3.8, 4) is 0 Å². The molecule has 2 amide bonds. The van der Waals surface area contributed by atoms with Crippen LogP contribution in [0.2, 0.25) is 0 Å². The van der Waals surface area contributed by atoms with Gasteiger partial charge >= 0.3 is 5.97 Å². The number of para-hydroxylation sites is 1. The van der Waals surface area contributed by atoms with Crippen LogP contribution in [0, 0.1) is 5.41 Å². The van der Waals surface area contributed by atoms with E-state index in [4.69, 9.17) is 15.9 Å². The van der Waals surface area contributed by atoms with Crippen LogP contribution >= 0.6 is 11.3 Å². The second-order valence-corrected chi connectivity index (χ2v) is 14.6. The van der Waals surface area contributed by atoms with Gasteiger partial charge in [0, 0.05) is 27.6 Å². The maximum absolute atomic E-state index is 13.8. The second-order valence-electron chi connectivity index (χ2n) is 11.4. The van der Waals surface area contributed by atoms with Gasteiger partial charge in [-0.15, -0.1) is 11.3 Å². The Morgan fingerprint density at radius 1 is 0.940 bits per heavy atom. The summed E-state index contributed by atoms with van der Waals surface area (Å²) in [6.45, 7) is 0.0812. The molecule has 2 aromatic heterocycles. The molecule has 4 aromatic carbocycles. The number of nitrogens with two attached hydrogens (primary N) is 1. The number of thiophene rings is 1. The zero-order valence-electron chi connectivity index (χ0n) is 26.7. The predicted molar refractivity (Wildman–Crippen MR) is 193 cm³/mol. The van der Waals surface area contributed by atoms with Crippen molar-refractivity contribution in [2.45, 2.75) is 17.0 Å². The van der Waals surface area contributed by atoms with Crippen LogP contribution in [-0.2, 0) is 31.5 Å². The molecule has 1 unspecified atom stereocenters. The summed E-state index contributed by atoms with van der Waals surface area (Å²) in [4.78, 5) is 45.7. The van der Waals surface area contributed by atoms with E-state index in [0.717, 1.165) is 18.3 Å². The Labute approximate surface area is 291 Å². The first kappa shape index (κ1) is 34.1. The van der Waals surface area contributed by atoms with Crippen molar-refractivity contribution in [1.29, 1.82) is 5.41 Å². The van der Waals surface area contributed by atoms with E-state index in [1.165, 1.54) is 34.6 Å². The number of methoxy groups -OCH3 is 1. The molecule has 6 aromatic rings. The van der Waals surface area contributed by atoms with E-state index < -0.39 is 33.0 Å². The number of hydrogen-bond acceptors (Lipinski definition) is 10. The molecular weight excluding hydrogens is 675 g/mol. The van der Waals surface area contributed by atoms with Crippen LogP contribution in [0.25, 0.3) is 21.7 Å². The highest BCUT2D eigenvalue weighted by Gasteiger charge is 2.43. The number of amides is 2. The number of carbonyl (C=O) groups is 3. The highest BCUT2D eigenvalue weighted by molar-refractivity contribution is 7.91. The largest absolute Gasteiger partial charge is 0.467 e. The van der Waals surface area contributed by atoms with Gasteiger partial charge in [-0.25, -0.2) is 13.2 Å². The number of aromatic nitrogens is 1. The quantitative estimate of drug-likeness (QED) is 0.0868. The molecule has 0 spiro atoms. The number of anilines is 1. The third-order valence-electron chi connectivity index (χ3n) is 8.20. The average molecular weight is 706 g/mol. The fraction of sp³-hybridized carbons (Fsp3) is 0.108. The van der Waals surface area contributed by atoms with Crippen molar-refractivity contribution in [3.63, 3.8) is 0 Å². The lowest BCUT2D eigenvalue weighted by Crippen LogP contribution is -2.51. The average Bonchev–Trinajstić information content (AvgIpc) is 3.58. The van der Waals surface area contributed by atoms with Crippen LogP contribution in [0.5, 0.6) is 0 Å². The smallest absolute Gasteiger partial charge is 0.331 e. The Morgan fingerprint density at radius 3 is 2.44 bits per heavy atom. The standard InChI is InChI=1S/C37H31N5O6S2/c1-48-36(45)37(39,22-50(46,47)31-14-6-10-24-12-7-19-40-33(24)31)27-15-17-29-26(20-27)11-5-13-30(29)35(44)42(23-38)21-28-16-18-32(49-28)41-34(43)25-8-3-2-4-9-25/h2-20,23,38H,21-22,39H2,1H3,(H,41,43). The molecule has 0 bridgehead atoms. The Bertz CT molecular complexity index is 2370. The maximum atomic E-state index is 13.8. The van der Waals surface area contributed by atoms with Crippen molar-refractivity contribution in [3.05, 3.63) is 137 Å². The van der Waals surface area contributed by atoms with Crippen LogP contribution in [0.4, 0.5) is 5.00 Å². The molecule has 0 fully saturated rings. The highest BCUT2D eigenvalue weighted by Crippen LogP contribution is 2.32. The summed E-state index contributed by atoms with van der Waals surface area (Å²) in [6.07, 6.45) is 2.43. The predicted octanol–water partition coefficient (Wildman–Crippen LogP) is 5.75. The monoisotopic (exact) mass is 705 g/mol. The number of hydrogen-bond donors (Lipinski definition) is 3. The van der Waals surface area contributed by atoms with Gasteiger partial charge in [-0.1, -0.05) is 60.7 Å². The topological polar surface area (TPSA) is 173 Å². The van der Waals surface area contributed by atoms with Gasteiger partial charge in [0.25, 0.3) is 11.8 Å². The Morgan fingerprint density at radius 2 is 1.68 bits per heavy atom. The van der Waals surface area contributed by atoms with Gasteiger partial charge in [0.1, 0.15) is 0 Å². The molecule has 0 radical (unpaired) electrons. The molecule has 0 saturated heterocycles. The first-order chi connectivity index (χ1) is 24.0. The molecule has 0 aliphatic carbocycles. The lowest BCUT2D eigenvalue weighted by molar-refractivity contribution is -0.146. The fourth-order valence-corrected chi connectivity index (χ4v) is 8.39. The van der Waals surface area contributed by atoms with Crippen molar-refractivity contribution in [2.75, 3.05) is 18.2 Å². The summed E-state index contributed by atoms with van der Waals surface area (Å²) in [7, 11) is -3.05. The zero-order chi connectivity index (χ0) is 35.5. The first-order valence-corrected chi connectivity index (χ1v) is 17.7. The van der Waals surface area contributed by atoms with E-state index >= 15 is 0 Å². The molecule has 0 saturated carbocycles. The molecule has 4 N–H and O–H groups in total. The van der Waals surface area contributed by atoms with Gasteiger partial charge in [-0.2, -0.15) is 0 Å². The lowest BCUT2D eigenvalue weighted by Gasteiger charge is -2.27. The number of carbonyl (C=O) groups excluding carboxylic acids is 3. The number of fused-ring (bicyclic) bond motifs is 2. The van der Waals surface area contributed by atoms with Gasteiger partial charge in [-0.05, 0) is 64.9 Å². The van der Waals surface area contributed by atoms with E-state index in [1.54, 1.807) is 91.0 Å². The summed E-state index contributed by atoms with van der Waals surface area (Å²) in [5.74, 6) is -2.47. The molecule has 252 valence electrons. The molecule has 1 atom stereocenters. The van der Waals surface area contributed by atoms with Crippen molar-refractivity contribution >= 4 is 72.0 Å². The van der Waals surface area contributed by atoms with Gasteiger partial charge in [0.15, 0.2) is 15.4 Å². The minimum atomic E-state index is -4.18. The molecule has 11 nitrogen and oxygen atoms in total. The minimum absolute atomic E-state index is 0.0637. The number of sulfone groups is 1. The third kappa shape index (κ3) is 6.74. The van der Waals surface area contributed by atoms with Crippen LogP contribution in [-0.4, -0.2) is 55.3 Å². The van der Waals surface area contributed by atoms with Gasteiger partial charge in [0.05, 0.1) is 41.2 Å². The Kier molecular flexibility index (Phi) is 9.55. The van der Waals surface area contributed by atoms with Crippen molar-refractivity contribution in [2.24, 2.45) is 5.73 Å². The van der Waals surface area contributed by atoms with Gasteiger partial charge < -0.3 is 15.8 Å². The number of esters is 1. The summed E-state index contributed by atoms with van der Waals surface area (Å²) in [5.41, 5.74) is 5.77. The van der Waals surface area contributed by atoms with Gasteiger partial charge in [0.2, 0.25) is 0 Å². The fourth-order valence-electron chi connectivity index (χ4n) is 5.70. The second kappa shape index (κ2) is 14.0. The number of nitrogens with zero attached hydrogens (tertiary/aromatic N) is 2. The summed E-state index contributed by atoms with van der Waals surface area (Å²) < 4.78 is 32.7. The zero-order valence-corrected chi connectivity index (χ0v) is 28.3. The molecule has 0 aliphatic rings. The van der Waals surface area contributed by atoms with Crippen molar-refractivity contribution in [1.82, 2.24) is 9.88 Å². The number of nitrogens with one attached hydrogen (secondary N) is 2. The number of benzene rings is 4. The van der Waals surface area contributed by atoms with Crippen LogP contribution in [0.1, 0.15) is 31.2 Å². The molecule has 50 heavy (non-hydrogen) atoms. The minimum Gasteiger partial charge on any atom is -0.467 e. The molecular formula is C37H31N5O6S2. The molecule has 2 heterocycles. The summed E-state index contributed by atoms with van der Waals surface area (Å²) >= 11 is 1.29. The number of ether oxygens (including phenoxy) is 1. The number of pyridine rings is 1. The lowest BCUT2D eigenvalue weighted by atomic mass is 9.90. The number of rotatable bonds is 11. The van der Waals surface area contributed by atoms with E-state index in [-0.39, 0.29) is 34.0 Å². The normalized spacial score (nSPS) is 12.6. The summed E-state index contributed by atoms with van der Waals surface area (Å²) in [6, 6.07) is 30.2. The van der Waals surface area contributed by atoms with Crippen LogP contribution in [0.3, 0.4) is 0 Å². The molecule has 6 rings (SSSR count). The van der Waals surface area contributed by atoms with E-state index in [1.807, 2.05) is 6.07 Å². The van der Waals surface area contributed by atoms with Crippen LogP contribution in [0.15, 0.2) is 120 Å². The molecule has 0 aliphatic heterocycles.